The Labute approximate surface area is 198 Å². The summed E-state index contributed by atoms with van der Waals surface area (Å²) in [6.07, 6.45) is 14.1. The standard InChI is InChI=1S/C27H40N2O4/c1-32-26(30)18-17-23-14-6-5-13-22(23)15-9-16-25-29-24(20-33-25)27(31)28-19-8-7-12-21-10-3-2-4-11-21/h5-6,13-14,21,24H,2-4,7-12,15-20H2,1H3,(H,28,31). The molecular weight excluding hydrogens is 416 g/mol. The van der Waals surface area contributed by atoms with Gasteiger partial charge in [0.1, 0.15) is 6.61 Å². The van der Waals surface area contributed by atoms with Crippen LogP contribution in [0.5, 0.6) is 0 Å². The molecular formula is C27H40N2O4. The van der Waals surface area contributed by atoms with E-state index in [-0.39, 0.29) is 11.9 Å². The lowest BCUT2D eigenvalue weighted by atomic mass is 9.86. The third-order valence-corrected chi connectivity index (χ3v) is 6.85. The van der Waals surface area contributed by atoms with Crippen LogP contribution in [0.1, 0.15) is 81.8 Å². The Morgan fingerprint density at radius 3 is 2.55 bits per heavy atom. The van der Waals surface area contributed by atoms with Gasteiger partial charge in [0.2, 0.25) is 5.91 Å². The average Bonchev–Trinajstić information content (AvgIpc) is 3.32. The number of methoxy groups -OCH3 is 1. The van der Waals surface area contributed by atoms with Gasteiger partial charge in [-0.1, -0.05) is 69.2 Å². The molecule has 1 amide bonds. The lowest BCUT2D eigenvalue weighted by molar-refractivity contribution is -0.140. The SMILES string of the molecule is COC(=O)CCc1ccccc1CCCC1=NC(C(=O)NCCCCC2CCCCC2)CO1. The van der Waals surface area contributed by atoms with Gasteiger partial charge in [0.25, 0.3) is 0 Å². The number of nitrogens with one attached hydrogen (secondary N) is 1. The highest BCUT2D eigenvalue weighted by Crippen LogP contribution is 2.27. The number of ether oxygens (including phenoxy) is 2. The predicted molar refractivity (Wildman–Crippen MR) is 130 cm³/mol. The van der Waals surface area contributed by atoms with Crippen molar-refractivity contribution in [1.82, 2.24) is 5.32 Å². The van der Waals surface area contributed by atoms with Gasteiger partial charge in [0, 0.05) is 19.4 Å². The van der Waals surface area contributed by atoms with Gasteiger partial charge in [0.05, 0.1) is 7.11 Å². The minimum atomic E-state index is -0.411. The first-order chi connectivity index (χ1) is 16.2. The summed E-state index contributed by atoms with van der Waals surface area (Å²) in [7, 11) is 1.42. The number of rotatable bonds is 13. The number of amides is 1. The smallest absolute Gasteiger partial charge is 0.305 e. The number of nitrogens with zero attached hydrogens (tertiary/aromatic N) is 1. The summed E-state index contributed by atoms with van der Waals surface area (Å²) in [5.41, 5.74) is 2.42. The van der Waals surface area contributed by atoms with Gasteiger partial charge in [-0.3, -0.25) is 9.59 Å². The summed E-state index contributed by atoms with van der Waals surface area (Å²) < 4.78 is 10.4. The highest BCUT2D eigenvalue weighted by atomic mass is 16.5. The second-order valence-electron chi connectivity index (χ2n) is 9.34. The van der Waals surface area contributed by atoms with E-state index >= 15 is 0 Å². The molecule has 1 unspecified atom stereocenters. The Bertz CT molecular complexity index is 786. The van der Waals surface area contributed by atoms with E-state index in [1.807, 2.05) is 12.1 Å². The predicted octanol–water partition coefficient (Wildman–Crippen LogP) is 4.78. The maximum absolute atomic E-state index is 12.4. The molecule has 1 heterocycles. The highest BCUT2D eigenvalue weighted by Gasteiger charge is 2.25. The van der Waals surface area contributed by atoms with E-state index in [9.17, 15) is 9.59 Å². The molecule has 0 spiro atoms. The minimum Gasteiger partial charge on any atom is -0.478 e. The second kappa shape index (κ2) is 14.0. The first-order valence-corrected chi connectivity index (χ1v) is 12.8. The molecule has 1 N–H and O–H groups in total. The Morgan fingerprint density at radius 2 is 1.79 bits per heavy atom. The van der Waals surface area contributed by atoms with Crippen LogP contribution in [-0.2, 0) is 31.9 Å². The van der Waals surface area contributed by atoms with E-state index in [0.717, 1.165) is 38.1 Å². The lowest BCUT2D eigenvalue weighted by Gasteiger charge is -2.21. The van der Waals surface area contributed by atoms with Crippen LogP contribution in [0, 0.1) is 5.92 Å². The van der Waals surface area contributed by atoms with Crippen molar-refractivity contribution < 1.29 is 19.1 Å². The van der Waals surface area contributed by atoms with Crippen molar-refractivity contribution in [2.45, 2.75) is 89.5 Å². The number of carbonyl (C=O) groups is 2. The summed E-state index contributed by atoms with van der Waals surface area (Å²) in [6.45, 7) is 1.08. The molecule has 0 bridgehead atoms. The zero-order chi connectivity index (χ0) is 23.3. The molecule has 2 aliphatic rings. The van der Waals surface area contributed by atoms with E-state index in [1.54, 1.807) is 0 Å². The third-order valence-electron chi connectivity index (χ3n) is 6.85. The van der Waals surface area contributed by atoms with E-state index < -0.39 is 6.04 Å². The van der Waals surface area contributed by atoms with E-state index in [0.29, 0.717) is 25.3 Å². The third kappa shape index (κ3) is 8.82. The molecule has 1 saturated carbocycles. The number of aryl methyl sites for hydroxylation is 2. The molecule has 6 heteroatoms. The van der Waals surface area contributed by atoms with Crippen molar-refractivity contribution in [2.75, 3.05) is 20.3 Å². The summed E-state index contributed by atoms with van der Waals surface area (Å²) >= 11 is 0. The van der Waals surface area contributed by atoms with Crippen LogP contribution in [0.15, 0.2) is 29.3 Å². The number of hydrogen-bond donors (Lipinski definition) is 1. The van der Waals surface area contributed by atoms with Crippen LogP contribution >= 0.6 is 0 Å². The highest BCUT2D eigenvalue weighted by molar-refractivity contribution is 5.88. The van der Waals surface area contributed by atoms with Crippen molar-refractivity contribution >= 4 is 17.8 Å². The first kappa shape index (κ1) is 25.3. The molecule has 1 aliphatic carbocycles. The fraction of sp³-hybridized carbons (Fsp3) is 0.667. The van der Waals surface area contributed by atoms with Gasteiger partial charge in [-0.2, -0.15) is 0 Å². The summed E-state index contributed by atoms with van der Waals surface area (Å²) in [5, 5.41) is 3.04. The van der Waals surface area contributed by atoms with Gasteiger partial charge in [-0.25, -0.2) is 4.99 Å². The molecule has 3 rings (SSSR count). The van der Waals surface area contributed by atoms with E-state index in [4.69, 9.17) is 9.47 Å². The zero-order valence-electron chi connectivity index (χ0n) is 20.2. The number of esters is 1. The van der Waals surface area contributed by atoms with Gasteiger partial charge in [-0.05, 0) is 42.7 Å². The van der Waals surface area contributed by atoms with Gasteiger partial charge >= 0.3 is 5.97 Å². The van der Waals surface area contributed by atoms with Crippen LogP contribution in [0.3, 0.4) is 0 Å². The summed E-state index contributed by atoms with van der Waals surface area (Å²) in [6, 6.07) is 7.78. The van der Waals surface area contributed by atoms with Crippen LogP contribution in [0.4, 0.5) is 0 Å². The Hall–Kier alpha value is -2.37. The molecule has 0 aromatic heterocycles. The summed E-state index contributed by atoms with van der Waals surface area (Å²) in [5.74, 6) is 1.38. The van der Waals surface area contributed by atoms with Gasteiger partial charge in [0.15, 0.2) is 11.9 Å². The molecule has 1 aliphatic heterocycles. The molecule has 1 aromatic carbocycles. The van der Waals surface area contributed by atoms with Crippen molar-refractivity contribution in [1.29, 1.82) is 0 Å². The molecule has 0 radical (unpaired) electrons. The van der Waals surface area contributed by atoms with Crippen molar-refractivity contribution in [3.63, 3.8) is 0 Å². The Kier molecular flexibility index (Phi) is 10.7. The molecule has 6 nitrogen and oxygen atoms in total. The fourth-order valence-corrected chi connectivity index (χ4v) is 4.87. The molecule has 0 saturated heterocycles. The lowest BCUT2D eigenvalue weighted by Crippen LogP contribution is -2.34. The molecule has 1 fully saturated rings. The number of hydrogen-bond acceptors (Lipinski definition) is 5. The second-order valence-corrected chi connectivity index (χ2v) is 9.34. The average molecular weight is 457 g/mol. The van der Waals surface area contributed by atoms with Crippen LogP contribution in [-0.4, -0.2) is 44.1 Å². The largest absolute Gasteiger partial charge is 0.478 e. The monoisotopic (exact) mass is 456 g/mol. The van der Waals surface area contributed by atoms with E-state index in [1.165, 1.54) is 63.2 Å². The topological polar surface area (TPSA) is 77.0 Å². The molecule has 182 valence electrons. The van der Waals surface area contributed by atoms with Crippen molar-refractivity contribution in [3.05, 3.63) is 35.4 Å². The van der Waals surface area contributed by atoms with Crippen molar-refractivity contribution in [2.24, 2.45) is 10.9 Å². The number of unbranched alkanes of at least 4 members (excludes halogenated alkanes) is 1. The molecule has 33 heavy (non-hydrogen) atoms. The van der Waals surface area contributed by atoms with Crippen LogP contribution < -0.4 is 5.32 Å². The van der Waals surface area contributed by atoms with E-state index in [2.05, 4.69) is 22.4 Å². The minimum absolute atomic E-state index is 0.0178. The maximum atomic E-state index is 12.4. The van der Waals surface area contributed by atoms with Crippen LogP contribution in [0.2, 0.25) is 0 Å². The number of aliphatic imine (C=N–C) groups is 1. The van der Waals surface area contributed by atoms with Crippen LogP contribution in [0.25, 0.3) is 0 Å². The number of carbonyl (C=O) groups excluding carboxylic acids is 2. The Balaban J connectivity index is 1.32. The molecule has 1 aromatic rings. The first-order valence-electron chi connectivity index (χ1n) is 12.8. The zero-order valence-corrected chi connectivity index (χ0v) is 20.2. The number of benzene rings is 1. The van der Waals surface area contributed by atoms with Crippen molar-refractivity contribution in [3.8, 4) is 0 Å². The van der Waals surface area contributed by atoms with Gasteiger partial charge < -0.3 is 14.8 Å². The maximum Gasteiger partial charge on any atom is 0.305 e. The molecule has 1 atom stereocenters. The quantitative estimate of drug-likeness (QED) is 0.342. The fourth-order valence-electron chi connectivity index (χ4n) is 4.87. The normalized spacial score (nSPS) is 18.5. The summed E-state index contributed by atoms with van der Waals surface area (Å²) in [4.78, 5) is 28.4. The Morgan fingerprint density at radius 1 is 1.03 bits per heavy atom. The van der Waals surface area contributed by atoms with Gasteiger partial charge in [-0.15, -0.1) is 0 Å².